The summed E-state index contributed by atoms with van der Waals surface area (Å²) in [6, 6.07) is 2.54. The summed E-state index contributed by atoms with van der Waals surface area (Å²) in [5.41, 5.74) is -0.300. The van der Waals surface area contributed by atoms with Crippen molar-refractivity contribution in [2.45, 2.75) is 0 Å². The van der Waals surface area contributed by atoms with E-state index < -0.39 is 28.0 Å². The molecule has 0 fully saturated rings. The second-order valence-electron chi connectivity index (χ2n) is 2.70. The Hall–Kier alpha value is -1.70. The minimum Gasteiger partial charge on any atom is -0.358 e. The van der Waals surface area contributed by atoms with E-state index in [1.165, 1.54) is 7.05 Å². The molecule has 8 heteroatoms. The summed E-state index contributed by atoms with van der Waals surface area (Å²) in [5, 5.41) is 2.18. The Balaban J connectivity index is 3.05. The largest absolute Gasteiger partial charge is 0.488 e. The van der Waals surface area contributed by atoms with Gasteiger partial charge in [0.1, 0.15) is 11.6 Å². The molecule has 5 nitrogen and oxygen atoms in total. The van der Waals surface area contributed by atoms with Gasteiger partial charge < -0.3 is 9.50 Å². The molecule has 0 aliphatic heterocycles. The number of hydrogen-bond donors (Lipinski definition) is 1. The molecular weight excluding hydrogens is 244 g/mol. The van der Waals surface area contributed by atoms with Crippen molar-refractivity contribution in [3.8, 4) is 5.75 Å². The number of carbonyl (C=O) groups excluding carboxylic acids is 1. The van der Waals surface area contributed by atoms with Crippen LogP contribution in [-0.4, -0.2) is 21.4 Å². The number of halogens is 2. The van der Waals surface area contributed by atoms with Gasteiger partial charge in [0.15, 0.2) is 0 Å². The number of rotatable bonds is 3. The van der Waals surface area contributed by atoms with Crippen molar-refractivity contribution in [3.05, 3.63) is 29.6 Å². The van der Waals surface area contributed by atoms with E-state index in [0.717, 1.165) is 12.1 Å². The molecule has 0 atom stereocenters. The van der Waals surface area contributed by atoms with Crippen LogP contribution >= 0.6 is 0 Å². The zero-order chi connectivity index (χ0) is 12.3. The maximum Gasteiger partial charge on any atom is 0.488 e. The van der Waals surface area contributed by atoms with Crippen molar-refractivity contribution in [1.29, 1.82) is 0 Å². The second-order valence-corrected chi connectivity index (χ2v) is 3.65. The second kappa shape index (κ2) is 4.44. The van der Waals surface area contributed by atoms with Crippen molar-refractivity contribution in [2.75, 3.05) is 7.05 Å². The van der Waals surface area contributed by atoms with Crippen LogP contribution in [0.2, 0.25) is 0 Å². The van der Waals surface area contributed by atoms with Crippen molar-refractivity contribution in [3.63, 3.8) is 0 Å². The van der Waals surface area contributed by atoms with Gasteiger partial charge in [-0.1, -0.05) is 3.89 Å². The van der Waals surface area contributed by atoms with Crippen LogP contribution in [0.25, 0.3) is 0 Å². The molecule has 0 spiro atoms. The fourth-order valence-corrected chi connectivity index (χ4v) is 1.31. The topological polar surface area (TPSA) is 72.5 Å². The summed E-state index contributed by atoms with van der Waals surface area (Å²) in [4.78, 5) is 11.0. The lowest BCUT2D eigenvalue weighted by Crippen LogP contribution is -2.19. The summed E-state index contributed by atoms with van der Waals surface area (Å²) in [5.74, 6) is -2.25. The highest BCUT2D eigenvalue weighted by atomic mass is 32.3. The number of nitrogens with one attached hydrogen (secondary N) is 1. The Kier molecular flexibility index (Phi) is 3.43. The van der Waals surface area contributed by atoms with Crippen LogP contribution in [0, 0.1) is 5.82 Å². The van der Waals surface area contributed by atoms with Gasteiger partial charge in [0.2, 0.25) is 0 Å². The van der Waals surface area contributed by atoms with Gasteiger partial charge in [-0.25, -0.2) is 4.39 Å². The van der Waals surface area contributed by atoms with E-state index in [4.69, 9.17) is 0 Å². The van der Waals surface area contributed by atoms with Crippen molar-refractivity contribution in [2.24, 2.45) is 0 Å². The molecule has 0 aliphatic rings. The molecule has 0 saturated heterocycles. The Labute approximate surface area is 90.4 Å². The van der Waals surface area contributed by atoms with Gasteiger partial charge in [-0.05, 0) is 12.1 Å². The van der Waals surface area contributed by atoms with E-state index >= 15 is 0 Å². The standard InChI is InChI=1S/C8H7F2NO4S/c1-11-8(12)6-3-2-5(4-7(6)9)15-16(10,13)14/h2-4H,1H3,(H,11,12). The molecule has 1 N–H and O–H groups in total. The molecule has 0 aliphatic carbocycles. The number of amides is 1. The molecular formula is C8H7F2NO4S. The lowest BCUT2D eigenvalue weighted by molar-refractivity contribution is 0.0959. The molecule has 1 rings (SSSR count). The highest BCUT2D eigenvalue weighted by Crippen LogP contribution is 2.18. The van der Waals surface area contributed by atoms with Crippen molar-refractivity contribution in [1.82, 2.24) is 5.32 Å². The van der Waals surface area contributed by atoms with Crippen molar-refractivity contribution >= 4 is 16.4 Å². The fourth-order valence-electron chi connectivity index (χ4n) is 0.981. The summed E-state index contributed by atoms with van der Waals surface area (Å²) >= 11 is 0. The monoisotopic (exact) mass is 251 g/mol. The van der Waals surface area contributed by atoms with Crippen LogP contribution in [0.5, 0.6) is 5.75 Å². The zero-order valence-electron chi connectivity index (χ0n) is 8.03. The molecule has 0 heterocycles. The normalized spacial score (nSPS) is 10.9. The van der Waals surface area contributed by atoms with Crippen LogP contribution in [0.3, 0.4) is 0 Å². The molecule has 0 bridgehead atoms. The Morgan fingerprint density at radius 3 is 2.50 bits per heavy atom. The van der Waals surface area contributed by atoms with Crippen LogP contribution < -0.4 is 9.50 Å². The third kappa shape index (κ3) is 3.16. The summed E-state index contributed by atoms with van der Waals surface area (Å²) in [6.07, 6.45) is 0. The zero-order valence-corrected chi connectivity index (χ0v) is 8.85. The molecule has 1 amide bonds. The molecule has 1 aromatic rings. The third-order valence-electron chi connectivity index (χ3n) is 1.61. The van der Waals surface area contributed by atoms with Gasteiger partial charge in [0.05, 0.1) is 5.56 Å². The SMILES string of the molecule is CNC(=O)c1ccc(OS(=O)(=O)F)cc1F. The lowest BCUT2D eigenvalue weighted by Gasteiger charge is -2.03. The predicted octanol–water partition coefficient (Wildman–Crippen LogP) is 0.778. The molecule has 16 heavy (non-hydrogen) atoms. The Morgan fingerprint density at radius 1 is 1.44 bits per heavy atom. The number of hydrogen-bond acceptors (Lipinski definition) is 4. The van der Waals surface area contributed by atoms with Gasteiger partial charge >= 0.3 is 10.5 Å². The van der Waals surface area contributed by atoms with Gasteiger partial charge in [-0.3, -0.25) is 4.79 Å². The van der Waals surface area contributed by atoms with Crippen LogP contribution in [-0.2, 0) is 10.5 Å². The summed E-state index contributed by atoms with van der Waals surface area (Å²) in [7, 11) is -3.90. The van der Waals surface area contributed by atoms with E-state index in [2.05, 4.69) is 9.50 Å². The van der Waals surface area contributed by atoms with Crippen LogP contribution in [0.1, 0.15) is 10.4 Å². The van der Waals surface area contributed by atoms with Gasteiger partial charge in [0.25, 0.3) is 5.91 Å². The van der Waals surface area contributed by atoms with E-state index in [-0.39, 0.29) is 5.56 Å². The van der Waals surface area contributed by atoms with E-state index in [0.29, 0.717) is 6.07 Å². The Morgan fingerprint density at radius 2 is 2.06 bits per heavy atom. The first-order valence-electron chi connectivity index (χ1n) is 3.99. The van der Waals surface area contributed by atoms with Gasteiger partial charge in [-0.15, -0.1) is 0 Å². The molecule has 0 aromatic heterocycles. The lowest BCUT2D eigenvalue weighted by atomic mass is 10.2. The first kappa shape index (κ1) is 12.4. The van der Waals surface area contributed by atoms with Crippen LogP contribution in [0.4, 0.5) is 8.28 Å². The fraction of sp³-hybridized carbons (Fsp3) is 0.125. The molecule has 0 unspecified atom stereocenters. The minimum absolute atomic E-state index is 0.300. The van der Waals surface area contributed by atoms with Gasteiger partial charge in [0, 0.05) is 13.1 Å². The maximum atomic E-state index is 13.2. The molecule has 0 radical (unpaired) electrons. The molecule has 1 aromatic carbocycles. The maximum absolute atomic E-state index is 13.2. The summed E-state index contributed by atoms with van der Waals surface area (Å²) < 4.78 is 49.3. The molecule has 88 valence electrons. The number of carbonyl (C=O) groups is 1. The van der Waals surface area contributed by atoms with Gasteiger partial charge in [-0.2, -0.15) is 8.42 Å². The predicted molar refractivity (Wildman–Crippen MR) is 50.4 cm³/mol. The molecule has 0 saturated carbocycles. The van der Waals surface area contributed by atoms with Crippen molar-refractivity contribution < 1.29 is 25.7 Å². The van der Waals surface area contributed by atoms with Crippen LogP contribution in [0.15, 0.2) is 18.2 Å². The van der Waals surface area contributed by atoms with E-state index in [9.17, 15) is 21.5 Å². The minimum atomic E-state index is -5.20. The first-order valence-corrected chi connectivity index (χ1v) is 5.30. The average Bonchev–Trinajstić information content (AvgIpc) is 2.14. The average molecular weight is 251 g/mol. The summed E-state index contributed by atoms with van der Waals surface area (Å²) in [6.45, 7) is 0. The highest BCUT2D eigenvalue weighted by molar-refractivity contribution is 7.81. The smallest absolute Gasteiger partial charge is 0.358 e. The first-order chi connectivity index (χ1) is 7.33. The third-order valence-corrected chi connectivity index (χ3v) is 2.00. The van der Waals surface area contributed by atoms with E-state index in [1.54, 1.807) is 0 Å². The highest BCUT2D eigenvalue weighted by Gasteiger charge is 2.14. The quantitative estimate of drug-likeness (QED) is 0.806. The Bertz CT molecular complexity index is 515. The number of benzene rings is 1. The van der Waals surface area contributed by atoms with E-state index in [1.807, 2.05) is 0 Å².